The van der Waals surface area contributed by atoms with Crippen molar-refractivity contribution in [3.63, 3.8) is 0 Å². The Kier molecular flexibility index (Phi) is 8.83. The third-order valence-corrected chi connectivity index (χ3v) is 7.33. The molecular formula is C30H30F3N5O4. The highest BCUT2D eigenvalue weighted by molar-refractivity contribution is 6.04. The van der Waals surface area contributed by atoms with Crippen LogP contribution in [0, 0.1) is 0 Å². The molecule has 4 aromatic rings. The first-order valence-electron chi connectivity index (χ1n) is 13.6. The summed E-state index contributed by atoms with van der Waals surface area (Å²) in [6.45, 7) is 6.69. The Balaban J connectivity index is 0.000000451. The van der Waals surface area contributed by atoms with E-state index in [0.717, 1.165) is 84.9 Å². The number of ether oxygens (including phenoxy) is 1. The van der Waals surface area contributed by atoms with E-state index in [-0.39, 0.29) is 5.91 Å². The number of morpholine rings is 1. The highest BCUT2D eigenvalue weighted by Crippen LogP contribution is 2.32. The number of carboxylic acid groups (broad SMARTS) is 1. The van der Waals surface area contributed by atoms with Crippen molar-refractivity contribution in [2.75, 3.05) is 39.4 Å². The number of carbonyl (C=O) groups is 2. The quantitative estimate of drug-likeness (QED) is 0.348. The molecule has 2 aromatic heterocycles. The molecular weight excluding hydrogens is 551 g/mol. The number of aromatic nitrogens is 3. The van der Waals surface area contributed by atoms with Crippen molar-refractivity contribution in [1.29, 1.82) is 0 Å². The fourth-order valence-electron chi connectivity index (χ4n) is 5.24. The topological polar surface area (TPSA) is 101 Å². The van der Waals surface area contributed by atoms with Crippen LogP contribution in [0.15, 0.2) is 67.0 Å². The molecule has 4 heterocycles. The SMILES string of the molecule is O=C(O)C(F)(F)F.O=C1c2c(cccc2-c2ccncc2)CN1CCc1nc2ccccc2n1CCN1CCOCC1. The minimum atomic E-state index is -5.08. The van der Waals surface area contributed by atoms with Gasteiger partial charge in [0.25, 0.3) is 5.91 Å². The third-order valence-electron chi connectivity index (χ3n) is 7.33. The van der Waals surface area contributed by atoms with Gasteiger partial charge < -0.3 is 19.3 Å². The summed E-state index contributed by atoms with van der Waals surface area (Å²) in [5.41, 5.74) is 6.09. The fraction of sp³-hybridized carbons (Fsp3) is 0.333. The number of imidazole rings is 1. The maximum absolute atomic E-state index is 13.5. The summed E-state index contributed by atoms with van der Waals surface area (Å²) in [7, 11) is 0. The number of nitrogens with zero attached hydrogens (tertiary/aromatic N) is 5. The minimum absolute atomic E-state index is 0.100. The van der Waals surface area contributed by atoms with E-state index in [0.29, 0.717) is 13.1 Å². The highest BCUT2D eigenvalue weighted by atomic mass is 19.4. The Labute approximate surface area is 240 Å². The Morgan fingerprint density at radius 1 is 0.952 bits per heavy atom. The molecule has 6 rings (SSSR count). The van der Waals surface area contributed by atoms with E-state index in [1.807, 2.05) is 35.2 Å². The first kappa shape index (κ1) is 29.2. The molecule has 0 radical (unpaired) electrons. The Morgan fingerprint density at radius 3 is 2.38 bits per heavy atom. The predicted molar refractivity (Wildman–Crippen MR) is 149 cm³/mol. The predicted octanol–water partition coefficient (Wildman–Crippen LogP) is 4.26. The second kappa shape index (κ2) is 12.7. The Hall–Kier alpha value is -4.29. The first-order chi connectivity index (χ1) is 20.2. The lowest BCUT2D eigenvalue weighted by molar-refractivity contribution is -0.192. The van der Waals surface area contributed by atoms with Crippen LogP contribution >= 0.6 is 0 Å². The summed E-state index contributed by atoms with van der Waals surface area (Å²) < 4.78 is 39.6. The van der Waals surface area contributed by atoms with Gasteiger partial charge in [-0.25, -0.2) is 9.78 Å². The van der Waals surface area contributed by atoms with Crippen LogP contribution in [0.5, 0.6) is 0 Å². The largest absolute Gasteiger partial charge is 0.490 e. The van der Waals surface area contributed by atoms with Crippen molar-refractivity contribution in [3.05, 3.63) is 83.9 Å². The van der Waals surface area contributed by atoms with Gasteiger partial charge in [0.2, 0.25) is 0 Å². The van der Waals surface area contributed by atoms with E-state index in [2.05, 4.69) is 38.7 Å². The molecule has 9 nitrogen and oxygen atoms in total. The number of aliphatic carboxylic acids is 1. The molecule has 12 heteroatoms. The van der Waals surface area contributed by atoms with E-state index < -0.39 is 12.1 Å². The number of rotatable bonds is 7. The number of halogens is 3. The second-order valence-corrected chi connectivity index (χ2v) is 9.98. The van der Waals surface area contributed by atoms with Crippen LogP contribution in [0.25, 0.3) is 22.2 Å². The number of carboxylic acids is 1. The molecule has 2 aliphatic heterocycles. The van der Waals surface area contributed by atoms with Crippen LogP contribution in [0.1, 0.15) is 21.7 Å². The molecule has 0 spiro atoms. The fourth-order valence-corrected chi connectivity index (χ4v) is 5.24. The third kappa shape index (κ3) is 6.60. The van der Waals surface area contributed by atoms with Gasteiger partial charge in [-0.05, 0) is 41.0 Å². The van der Waals surface area contributed by atoms with Crippen LogP contribution < -0.4 is 0 Å². The maximum Gasteiger partial charge on any atom is 0.490 e. The van der Waals surface area contributed by atoms with Gasteiger partial charge in [-0.3, -0.25) is 14.7 Å². The lowest BCUT2D eigenvalue weighted by Crippen LogP contribution is -2.38. The average Bonchev–Trinajstić information content (AvgIpc) is 3.52. The van der Waals surface area contributed by atoms with Gasteiger partial charge in [0.15, 0.2) is 0 Å². The van der Waals surface area contributed by atoms with Crippen LogP contribution in [-0.2, 0) is 29.0 Å². The number of amides is 1. The summed E-state index contributed by atoms with van der Waals surface area (Å²) in [6, 6.07) is 18.4. The first-order valence-corrected chi connectivity index (χ1v) is 13.6. The standard InChI is InChI=1S/C28H29N5O2.C2HF3O2/c34-28-27-22(4-3-5-23(27)21-8-11-29-12-9-21)20-32(28)13-10-26-30-24-6-1-2-7-25(24)33(26)15-14-31-16-18-35-19-17-31;3-2(4,5)1(6)7/h1-9,11-12H,10,13-20H2;(H,6,7). The molecule has 1 amide bonds. The zero-order chi connectivity index (χ0) is 29.7. The molecule has 0 bridgehead atoms. The maximum atomic E-state index is 13.5. The van der Waals surface area contributed by atoms with Gasteiger partial charge in [0.05, 0.1) is 29.8 Å². The van der Waals surface area contributed by atoms with Gasteiger partial charge in [0.1, 0.15) is 5.82 Å². The van der Waals surface area contributed by atoms with Gasteiger partial charge in [0, 0.05) is 58.1 Å². The van der Waals surface area contributed by atoms with Crippen LogP contribution in [0.4, 0.5) is 13.2 Å². The zero-order valence-corrected chi connectivity index (χ0v) is 22.8. The number of alkyl halides is 3. The second-order valence-electron chi connectivity index (χ2n) is 9.98. The van der Waals surface area contributed by atoms with Crippen LogP contribution in [0.2, 0.25) is 0 Å². The number of para-hydroxylation sites is 2. The lowest BCUT2D eigenvalue weighted by Gasteiger charge is -2.27. The minimum Gasteiger partial charge on any atom is -0.475 e. The molecule has 0 unspecified atom stereocenters. The van der Waals surface area contributed by atoms with E-state index in [1.54, 1.807) is 12.4 Å². The molecule has 2 aliphatic rings. The van der Waals surface area contributed by atoms with Crippen molar-refractivity contribution in [2.45, 2.75) is 25.7 Å². The van der Waals surface area contributed by atoms with Crippen molar-refractivity contribution in [3.8, 4) is 11.1 Å². The summed E-state index contributed by atoms with van der Waals surface area (Å²) in [5, 5.41) is 7.12. The monoisotopic (exact) mass is 581 g/mol. The van der Waals surface area contributed by atoms with Gasteiger partial charge >= 0.3 is 12.1 Å². The molecule has 1 N–H and O–H groups in total. The number of pyridine rings is 1. The van der Waals surface area contributed by atoms with E-state index in [9.17, 15) is 18.0 Å². The molecule has 1 fully saturated rings. The molecule has 220 valence electrons. The normalized spacial score (nSPS) is 15.4. The molecule has 0 saturated carbocycles. The summed E-state index contributed by atoms with van der Waals surface area (Å²) >= 11 is 0. The molecule has 42 heavy (non-hydrogen) atoms. The van der Waals surface area contributed by atoms with E-state index in [4.69, 9.17) is 19.6 Å². The molecule has 0 atom stereocenters. The van der Waals surface area contributed by atoms with Crippen molar-refractivity contribution >= 4 is 22.9 Å². The number of hydrogen-bond acceptors (Lipinski definition) is 6. The van der Waals surface area contributed by atoms with Crippen molar-refractivity contribution < 1.29 is 32.6 Å². The van der Waals surface area contributed by atoms with Gasteiger partial charge in [-0.15, -0.1) is 0 Å². The van der Waals surface area contributed by atoms with Crippen LogP contribution in [-0.4, -0.2) is 86.9 Å². The van der Waals surface area contributed by atoms with Gasteiger partial charge in [-0.2, -0.15) is 13.2 Å². The Morgan fingerprint density at radius 2 is 1.67 bits per heavy atom. The van der Waals surface area contributed by atoms with Crippen LogP contribution in [0.3, 0.4) is 0 Å². The van der Waals surface area contributed by atoms with E-state index >= 15 is 0 Å². The van der Waals surface area contributed by atoms with Crippen molar-refractivity contribution in [2.24, 2.45) is 0 Å². The zero-order valence-electron chi connectivity index (χ0n) is 22.8. The Bertz CT molecular complexity index is 1550. The number of hydrogen-bond donors (Lipinski definition) is 1. The number of fused-ring (bicyclic) bond motifs is 2. The smallest absolute Gasteiger partial charge is 0.475 e. The lowest BCUT2D eigenvalue weighted by atomic mass is 9.97. The summed E-state index contributed by atoms with van der Waals surface area (Å²) in [5.74, 6) is -1.62. The highest BCUT2D eigenvalue weighted by Gasteiger charge is 2.38. The molecule has 0 aliphatic carbocycles. The van der Waals surface area contributed by atoms with Gasteiger partial charge in [-0.1, -0.05) is 30.3 Å². The summed E-state index contributed by atoms with van der Waals surface area (Å²) in [4.78, 5) is 35.8. The van der Waals surface area contributed by atoms with Crippen molar-refractivity contribution in [1.82, 2.24) is 24.3 Å². The van der Waals surface area contributed by atoms with E-state index in [1.165, 1.54) is 0 Å². The number of carbonyl (C=O) groups excluding carboxylic acids is 1. The molecule has 2 aromatic carbocycles. The summed E-state index contributed by atoms with van der Waals surface area (Å²) in [6.07, 6.45) is -0.817. The number of benzene rings is 2. The average molecular weight is 582 g/mol. The molecule has 1 saturated heterocycles.